The van der Waals surface area contributed by atoms with Gasteiger partial charge in [-0.1, -0.05) is 0 Å². The molecule has 0 aromatic carbocycles. The van der Waals surface area contributed by atoms with E-state index < -0.39 is 0 Å². The number of rotatable bonds is 1. The molecule has 0 radical (unpaired) electrons. The molecule has 1 heterocycles. The third-order valence-electron chi connectivity index (χ3n) is 0.494. The minimum atomic E-state index is 0.569. The number of nitrogens with zero attached hydrogens (tertiary/aromatic N) is 2. The van der Waals surface area contributed by atoms with Gasteiger partial charge in [0.2, 0.25) is 0 Å². The number of aromatic amines is 1. The van der Waals surface area contributed by atoms with Gasteiger partial charge < -0.3 is 0 Å². The van der Waals surface area contributed by atoms with Gasteiger partial charge in [0, 0.05) is 0 Å². The van der Waals surface area contributed by atoms with Crippen molar-refractivity contribution in [2.24, 2.45) is 0 Å². The molecule has 4 nitrogen and oxygen atoms in total. The van der Waals surface area contributed by atoms with Gasteiger partial charge in [-0.15, -0.1) is 0 Å². The Hall–Kier alpha value is -0.541. The van der Waals surface area contributed by atoms with Crippen molar-refractivity contribution in [1.29, 1.82) is 0 Å². The second-order valence-electron chi connectivity index (χ2n) is 0.934. The predicted molar refractivity (Wildman–Crippen MR) is 20.0 cm³/mol. The summed E-state index contributed by atoms with van der Waals surface area (Å²) in [5.74, 6) is 0.569. The van der Waals surface area contributed by atoms with Crippen LogP contribution >= 0.6 is 0 Å². The summed E-state index contributed by atoms with van der Waals surface area (Å²) in [7, 11) is 0. The number of hydrogen-bond donors (Lipinski definition) is 2. The summed E-state index contributed by atoms with van der Waals surface area (Å²) in [6.07, 6.45) is 1.57. The van der Waals surface area contributed by atoms with Crippen molar-refractivity contribution < 1.29 is 16.2 Å². The zero-order valence-corrected chi connectivity index (χ0v) is 4.21. The molecule has 0 saturated carbocycles. The van der Waals surface area contributed by atoms with Crippen molar-refractivity contribution in [3.63, 3.8) is 0 Å². The monoisotopic (exact) mass is 146 g/mol. The normalized spacial score (nSPS) is 8.86. The van der Waals surface area contributed by atoms with Gasteiger partial charge in [0.05, 0.1) is 0 Å². The van der Waals surface area contributed by atoms with E-state index in [0.29, 0.717) is 5.82 Å². The summed E-state index contributed by atoms with van der Waals surface area (Å²) in [4.78, 5) is 0. The van der Waals surface area contributed by atoms with Crippen molar-refractivity contribution >= 4 is 5.82 Å². The van der Waals surface area contributed by atoms with Crippen LogP contribution in [0.4, 0.5) is 5.82 Å². The summed E-state index contributed by atoms with van der Waals surface area (Å²) in [6.45, 7) is 0. The molecular weight excluding hydrogens is 144 g/mol. The third-order valence-corrected chi connectivity index (χ3v) is 0.735. The van der Waals surface area contributed by atoms with Crippen molar-refractivity contribution in [1.82, 2.24) is 15.4 Å². The van der Waals surface area contributed by atoms with E-state index in [4.69, 9.17) is 0 Å². The molecule has 5 heteroatoms. The molecule has 42 valence electrons. The Kier molecular flexibility index (Phi) is 1.29. The molecule has 2 N–H and O–H groups in total. The molecule has 0 fully saturated rings. The second-order valence-corrected chi connectivity index (χ2v) is 1.17. The first-order valence-electron chi connectivity index (χ1n) is 1.63. The fourth-order valence-corrected chi connectivity index (χ4v) is 0.353. The maximum atomic E-state index is 4.53. The summed E-state index contributed by atoms with van der Waals surface area (Å²) in [5.41, 5.74) is 0. The van der Waals surface area contributed by atoms with Gasteiger partial charge in [0.15, 0.2) is 0 Å². The van der Waals surface area contributed by atoms with Crippen LogP contribution in [0.15, 0.2) is 6.20 Å². The van der Waals surface area contributed by atoms with Crippen LogP contribution in [0.2, 0.25) is 0 Å². The Morgan fingerprint density at radius 3 is 3.00 bits per heavy atom. The number of aromatic nitrogens is 3. The summed E-state index contributed by atoms with van der Waals surface area (Å²) >= 11 is 4.53. The Morgan fingerprint density at radius 1 is 1.86 bits per heavy atom. The predicted octanol–water partition coefficient (Wildman–Crippen LogP) is -0.322. The zero-order valence-electron chi connectivity index (χ0n) is 3.27. The Bertz CT molecular complexity index is 124. The van der Waals surface area contributed by atoms with Crippen molar-refractivity contribution in [2.45, 2.75) is 0 Å². The molecule has 0 aliphatic heterocycles. The fraction of sp³-hybridized carbons (Fsp3) is 0. The van der Waals surface area contributed by atoms with E-state index in [9.17, 15) is 0 Å². The molecular formula is C2H3CuN4. The van der Waals surface area contributed by atoms with E-state index in [1.165, 1.54) is 0 Å². The van der Waals surface area contributed by atoms with Crippen LogP contribution < -0.4 is 4.33 Å². The van der Waals surface area contributed by atoms with Gasteiger partial charge in [0.25, 0.3) is 0 Å². The molecule has 1 aromatic heterocycles. The molecule has 0 unspecified atom stereocenters. The second kappa shape index (κ2) is 1.95. The first-order chi connectivity index (χ1) is 3.43. The number of hydrogen-bond acceptors (Lipinski definition) is 3. The SMILES string of the molecule is [Cu][NH]c1c[nH]nn1. The van der Waals surface area contributed by atoms with Gasteiger partial charge in [-0.05, 0) is 0 Å². The van der Waals surface area contributed by atoms with Gasteiger partial charge in [-0.2, -0.15) is 0 Å². The molecule has 1 aromatic rings. The number of H-pyrrole nitrogens is 1. The first-order valence-corrected chi connectivity index (χ1v) is 2.10. The molecule has 0 saturated heterocycles. The average molecular weight is 147 g/mol. The molecule has 0 amide bonds. The van der Waals surface area contributed by atoms with Crippen LogP contribution in [0.5, 0.6) is 0 Å². The fourth-order valence-electron chi connectivity index (χ4n) is 0.238. The van der Waals surface area contributed by atoms with E-state index >= 15 is 0 Å². The Labute approximate surface area is 48.7 Å². The van der Waals surface area contributed by atoms with Crippen molar-refractivity contribution in [2.75, 3.05) is 4.33 Å². The van der Waals surface area contributed by atoms with Crippen molar-refractivity contribution in [3.8, 4) is 0 Å². The molecule has 0 aliphatic carbocycles. The minimum absolute atomic E-state index is 0.569. The van der Waals surface area contributed by atoms with E-state index in [2.05, 4.69) is 36.0 Å². The van der Waals surface area contributed by atoms with Crippen LogP contribution in [0.25, 0.3) is 0 Å². The summed E-state index contributed by atoms with van der Waals surface area (Å²) < 4.78 is 2.36. The Balaban J connectivity index is 2.76. The van der Waals surface area contributed by atoms with Crippen LogP contribution in [-0.4, -0.2) is 15.4 Å². The van der Waals surface area contributed by atoms with E-state index in [1.54, 1.807) is 6.20 Å². The Morgan fingerprint density at radius 2 is 2.71 bits per heavy atom. The van der Waals surface area contributed by atoms with Gasteiger partial charge >= 0.3 is 48.0 Å². The van der Waals surface area contributed by atoms with Gasteiger partial charge in [-0.3, -0.25) is 0 Å². The first kappa shape index (κ1) is 4.61. The average Bonchev–Trinajstić information content (AvgIpc) is 2.14. The van der Waals surface area contributed by atoms with E-state index in [-0.39, 0.29) is 0 Å². The standard InChI is InChI=1S/C2H3N4.Cu/c3-2-1-4-6-5-2;/h1H,(H2-,3,4,5,6);/q-1;+1. The molecule has 7 heavy (non-hydrogen) atoms. The van der Waals surface area contributed by atoms with Crippen molar-refractivity contribution in [3.05, 3.63) is 6.20 Å². The van der Waals surface area contributed by atoms with Gasteiger partial charge in [0.1, 0.15) is 0 Å². The van der Waals surface area contributed by atoms with Crippen LogP contribution in [0.3, 0.4) is 0 Å². The van der Waals surface area contributed by atoms with Gasteiger partial charge in [-0.25, -0.2) is 0 Å². The summed E-state index contributed by atoms with van der Waals surface area (Å²) in [5, 5.41) is 9.38. The number of anilines is 1. The third kappa shape index (κ3) is 0.913. The van der Waals surface area contributed by atoms with Crippen LogP contribution in [0.1, 0.15) is 0 Å². The molecule has 0 aliphatic rings. The van der Waals surface area contributed by atoms with Crippen LogP contribution in [0, 0.1) is 0 Å². The molecule has 0 spiro atoms. The van der Waals surface area contributed by atoms with E-state index in [0.717, 1.165) is 0 Å². The topological polar surface area (TPSA) is 53.6 Å². The molecule has 0 atom stereocenters. The zero-order chi connectivity index (χ0) is 5.11. The molecule has 1 rings (SSSR count). The van der Waals surface area contributed by atoms with E-state index in [1.807, 2.05) is 0 Å². The number of nitrogens with one attached hydrogen (secondary N) is 2. The summed E-state index contributed by atoms with van der Waals surface area (Å²) in [6, 6.07) is 0. The maximum absolute atomic E-state index is 4.53. The molecule has 0 bridgehead atoms. The quantitative estimate of drug-likeness (QED) is 0.534. The van der Waals surface area contributed by atoms with Crippen LogP contribution in [-0.2, 0) is 16.2 Å².